The van der Waals surface area contributed by atoms with Crippen molar-refractivity contribution >= 4 is 30.3 Å². The van der Waals surface area contributed by atoms with Gasteiger partial charge in [-0.05, 0) is 12.1 Å². The molecule has 3 N–H and O–H groups in total. The van der Waals surface area contributed by atoms with Crippen molar-refractivity contribution in [2.45, 2.75) is 6.42 Å². The van der Waals surface area contributed by atoms with Crippen LogP contribution in [-0.2, 0) is 11.0 Å². The van der Waals surface area contributed by atoms with Crippen LogP contribution in [0.4, 0.5) is 0 Å². The number of halogens is 1. The third-order valence-electron chi connectivity index (χ3n) is 2.68. The summed E-state index contributed by atoms with van der Waals surface area (Å²) in [6, 6.07) is 3.17. The summed E-state index contributed by atoms with van der Waals surface area (Å²) in [4.78, 5) is 22.2. The first-order valence-corrected chi connectivity index (χ1v) is 7.39. The van der Waals surface area contributed by atoms with E-state index in [1.54, 1.807) is 12.1 Å². The molecule has 3 heterocycles. The SMILES string of the molecule is O=P(O)(O)c1cn2c(Cc3nn[nH]n3)c(Cl)ccc2n1. The van der Waals surface area contributed by atoms with E-state index in [2.05, 4.69) is 25.6 Å². The van der Waals surface area contributed by atoms with E-state index in [0.29, 0.717) is 22.2 Å². The normalized spacial score (nSPS) is 12.2. The smallest absolute Gasteiger partial charge is 0.320 e. The molecule has 0 aliphatic heterocycles. The molecule has 0 bridgehead atoms. The van der Waals surface area contributed by atoms with Gasteiger partial charge in [0.05, 0.1) is 17.1 Å². The number of pyridine rings is 1. The number of nitrogens with one attached hydrogen (secondary N) is 1. The van der Waals surface area contributed by atoms with E-state index in [-0.39, 0.29) is 11.9 Å². The quantitative estimate of drug-likeness (QED) is 0.575. The van der Waals surface area contributed by atoms with Crippen molar-refractivity contribution < 1.29 is 14.4 Å². The van der Waals surface area contributed by atoms with Gasteiger partial charge in [-0.3, -0.25) is 4.57 Å². The molecule has 104 valence electrons. The largest absolute Gasteiger partial charge is 0.376 e. The molecule has 3 aromatic rings. The second-order valence-corrected chi connectivity index (χ2v) is 5.96. The zero-order chi connectivity index (χ0) is 14.3. The van der Waals surface area contributed by atoms with E-state index in [1.165, 1.54) is 10.6 Å². The van der Waals surface area contributed by atoms with Gasteiger partial charge in [-0.1, -0.05) is 16.8 Å². The lowest BCUT2D eigenvalue weighted by molar-refractivity contribution is 0.386. The Labute approximate surface area is 116 Å². The van der Waals surface area contributed by atoms with Crippen LogP contribution in [0.2, 0.25) is 5.02 Å². The number of H-pyrrole nitrogens is 1. The molecule has 20 heavy (non-hydrogen) atoms. The average Bonchev–Trinajstić information content (AvgIpc) is 3.00. The van der Waals surface area contributed by atoms with Crippen molar-refractivity contribution in [2.75, 3.05) is 0 Å². The van der Waals surface area contributed by atoms with E-state index in [1.807, 2.05) is 0 Å². The molecule has 0 saturated carbocycles. The average molecular weight is 315 g/mol. The van der Waals surface area contributed by atoms with Crippen LogP contribution in [0.3, 0.4) is 0 Å². The molecule has 0 aliphatic rings. The van der Waals surface area contributed by atoms with Gasteiger partial charge in [0.1, 0.15) is 5.65 Å². The van der Waals surface area contributed by atoms with Gasteiger partial charge < -0.3 is 14.2 Å². The highest BCUT2D eigenvalue weighted by Crippen LogP contribution is 2.33. The Morgan fingerprint density at radius 2 is 2.20 bits per heavy atom. The first-order chi connectivity index (χ1) is 9.45. The predicted octanol–water partition coefficient (Wildman–Crippen LogP) is -0.105. The number of hydrogen-bond acceptors (Lipinski definition) is 5. The van der Waals surface area contributed by atoms with Crippen molar-refractivity contribution in [3.8, 4) is 0 Å². The fourth-order valence-corrected chi connectivity index (χ4v) is 2.51. The topological polar surface area (TPSA) is 129 Å². The van der Waals surface area contributed by atoms with Crippen LogP contribution in [0.25, 0.3) is 5.65 Å². The first kappa shape index (κ1) is 13.2. The van der Waals surface area contributed by atoms with E-state index in [9.17, 15) is 4.57 Å². The standard InChI is InChI=1S/C9H8ClN6O3P/c10-5-1-2-8-11-9(20(17,18)19)4-16(8)6(5)3-7-12-14-15-13-7/h1-2,4H,3H2,(H2,17,18,19)(H,12,13,14,15). The molecule has 0 aromatic carbocycles. The maximum atomic E-state index is 11.3. The number of tetrazole rings is 1. The van der Waals surface area contributed by atoms with E-state index in [4.69, 9.17) is 21.4 Å². The second kappa shape index (κ2) is 4.64. The fourth-order valence-electron chi connectivity index (χ4n) is 1.79. The Bertz CT molecular complexity index is 811. The third kappa shape index (κ3) is 2.32. The Morgan fingerprint density at radius 3 is 2.85 bits per heavy atom. The molecular weight excluding hydrogens is 307 g/mol. The number of imidazole rings is 1. The summed E-state index contributed by atoms with van der Waals surface area (Å²) in [5, 5.41) is 13.8. The Morgan fingerprint density at radius 1 is 1.40 bits per heavy atom. The van der Waals surface area contributed by atoms with Gasteiger partial charge in [0.2, 0.25) is 0 Å². The minimum atomic E-state index is -4.42. The molecular formula is C9H8ClN6O3P. The zero-order valence-corrected chi connectivity index (χ0v) is 11.5. The summed E-state index contributed by atoms with van der Waals surface area (Å²) in [6.45, 7) is 0. The van der Waals surface area contributed by atoms with Gasteiger partial charge in [0.25, 0.3) is 0 Å². The number of rotatable bonds is 3. The first-order valence-electron chi connectivity index (χ1n) is 5.40. The summed E-state index contributed by atoms with van der Waals surface area (Å²) >= 11 is 6.11. The molecule has 3 aromatic heterocycles. The van der Waals surface area contributed by atoms with E-state index < -0.39 is 7.60 Å². The van der Waals surface area contributed by atoms with Crippen molar-refractivity contribution in [1.82, 2.24) is 30.0 Å². The molecule has 0 aliphatic carbocycles. The van der Waals surface area contributed by atoms with Gasteiger partial charge in [-0.15, -0.1) is 10.2 Å². The van der Waals surface area contributed by atoms with E-state index >= 15 is 0 Å². The van der Waals surface area contributed by atoms with Gasteiger partial charge in [-0.25, -0.2) is 4.98 Å². The molecule has 0 atom stereocenters. The number of aromatic nitrogens is 6. The van der Waals surface area contributed by atoms with E-state index in [0.717, 1.165) is 0 Å². The number of nitrogens with zero attached hydrogens (tertiary/aromatic N) is 5. The van der Waals surface area contributed by atoms with Gasteiger partial charge in [0.15, 0.2) is 11.3 Å². The molecule has 0 amide bonds. The van der Waals surface area contributed by atoms with Crippen LogP contribution in [0.15, 0.2) is 18.3 Å². The molecule has 0 fully saturated rings. The summed E-state index contributed by atoms with van der Waals surface area (Å²) in [5.41, 5.74) is 0.637. The van der Waals surface area contributed by atoms with Crippen molar-refractivity contribution in [1.29, 1.82) is 0 Å². The second-order valence-electron chi connectivity index (χ2n) is 4.00. The van der Waals surface area contributed by atoms with Crippen LogP contribution >= 0.6 is 19.2 Å². The molecule has 3 rings (SSSR count). The molecule has 11 heteroatoms. The molecule has 0 radical (unpaired) electrons. The van der Waals surface area contributed by atoms with Crippen LogP contribution in [0.1, 0.15) is 11.5 Å². The number of aromatic amines is 1. The van der Waals surface area contributed by atoms with Crippen LogP contribution in [0.5, 0.6) is 0 Å². The Hall–Kier alpha value is -1.80. The lowest BCUT2D eigenvalue weighted by Gasteiger charge is -2.05. The van der Waals surface area contributed by atoms with Crippen LogP contribution < -0.4 is 5.44 Å². The van der Waals surface area contributed by atoms with Crippen molar-refractivity contribution in [2.24, 2.45) is 0 Å². The monoisotopic (exact) mass is 314 g/mol. The lowest BCUT2D eigenvalue weighted by Crippen LogP contribution is -2.04. The number of hydrogen-bond donors (Lipinski definition) is 3. The summed E-state index contributed by atoms with van der Waals surface area (Å²) in [6.07, 6.45) is 1.51. The maximum absolute atomic E-state index is 11.3. The molecule has 0 spiro atoms. The van der Waals surface area contributed by atoms with Crippen molar-refractivity contribution in [3.05, 3.63) is 34.9 Å². The Kier molecular flexibility index (Phi) is 3.06. The highest BCUT2D eigenvalue weighted by molar-refractivity contribution is 7.60. The molecule has 9 nitrogen and oxygen atoms in total. The van der Waals surface area contributed by atoms with Crippen molar-refractivity contribution in [3.63, 3.8) is 0 Å². The molecule has 0 unspecified atom stereocenters. The summed E-state index contributed by atoms with van der Waals surface area (Å²) in [5.74, 6) is 0.408. The maximum Gasteiger partial charge on any atom is 0.376 e. The minimum absolute atomic E-state index is 0.254. The highest BCUT2D eigenvalue weighted by atomic mass is 35.5. The fraction of sp³-hybridized carbons (Fsp3) is 0.111. The number of fused-ring (bicyclic) bond motifs is 1. The Balaban J connectivity index is 2.17. The predicted molar refractivity (Wildman–Crippen MR) is 68.9 cm³/mol. The minimum Gasteiger partial charge on any atom is -0.320 e. The van der Waals surface area contributed by atoms with Gasteiger partial charge >= 0.3 is 7.60 Å². The summed E-state index contributed by atoms with van der Waals surface area (Å²) in [7, 11) is -4.42. The van der Waals surface area contributed by atoms with Crippen LogP contribution in [-0.4, -0.2) is 39.8 Å². The highest BCUT2D eigenvalue weighted by Gasteiger charge is 2.22. The van der Waals surface area contributed by atoms with Crippen LogP contribution in [0, 0.1) is 0 Å². The zero-order valence-electron chi connectivity index (χ0n) is 9.80. The molecule has 0 saturated heterocycles. The lowest BCUT2D eigenvalue weighted by atomic mass is 10.2. The summed E-state index contributed by atoms with van der Waals surface area (Å²) < 4.78 is 12.8. The third-order valence-corrected chi connectivity index (χ3v) is 3.84. The van der Waals surface area contributed by atoms with Gasteiger partial charge in [-0.2, -0.15) is 5.21 Å². The van der Waals surface area contributed by atoms with Gasteiger partial charge in [0, 0.05) is 6.20 Å².